The minimum Gasteiger partial charge on any atom is -0.303 e. The summed E-state index contributed by atoms with van der Waals surface area (Å²) in [5, 5.41) is 0. The van der Waals surface area contributed by atoms with Gasteiger partial charge in [0.15, 0.2) is 0 Å². The molecule has 1 saturated heterocycles. The van der Waals surface area contributed by atoms with Gasteiger partial charge in [-0.1, -0.05) is 80.9 Å². The van der Waals surface area contributed by atoms with E-state index >= 15 is 0 Å². The number of hydrogen-bond acceptors (Lipinski definition) is 1. The molecular formula is C18H36IN. The van der Waals surface area contributed by atoms with E-state index in [-0.39, 0.29) is 0 Å². The number of rotatable bonds is 12. The molecule has 2 heteroatoms. The number of nitrogens with zero attached hydrogens (tertiary/aromatic N) is 1. The van der Waals surface area contributed by atoms with Gasteiger partial charge in [-0.05, 0) is 45.7 Å². The molecule has 120 valence electrons. The molecule has 0 aromatic carbocycles. The summed E-state index contributed by atoms with van der Waals surface area (Å²) in [5.74, 6) is 0. The summed E-state index contributed by atoms with van der Waals surface area (Å²) in [6.07, 6.45) is 18.8. The molecule has 2 atom stereocenters. The van der Waals surface area contributed by atoms with Crippen LogP contribution in [0.5, 0.6) is 0 Å². The highest BCUT2D eigenvalue weighted by molar-refractivity contribution is 14.1. The van der Waals surface area contributed by atoms with Crippen LogP contribution in [0, 0.1) is 0 Å². The van der Waals surface area contributed by atoms with Gasteiger partial charge >= 0.3 is 0 Å². The molecule has 1 rings (SSSR count). The average molecular weight is 393 g/mol. The zero-order chi connectivity index (χ0) is 14.6. The zero-order valence-corrected chi connectivity index (χ0v) is 16.0. The van der Waals surface area contributed by atoms with Crippen LogP contribution in [0.4, 0.5) is 0 Å². The minimum atomic E-state index is 0.911. The third-order valence-corrected chi connectivity index (χ3v) is 6.09. The highest BCUT2D eigenvalue weighted by Crippen LogP contribution is 2.21. The van der Waals surface area contributed by atoms with Crippen LogP contribution in [0.2, 0.25) is 0 Å². The first-order valence-electron chi connectivity index (χ1n) is 9.08. The highest BCUT2D eigenvalue weighted by atomic mass is 127. The molecule has 0 bridgehead atoms. The minimum absolute atomic E-state index is 0.911. The first-order valence-corrected chi connectivity index (χ1v) is 10.3. The number of unbranched alkanes of at least 4 members (excludes halogenated alkanes) is 6. The molecule has 1 nitrogen and oxygen atoms in total. The maximum atomic E-state index is 2.66. The van der Waals surface area contributed by atoms with Crippen molar-refractivity contribution in [3.63, 3.8) is 0 Å². The lowest BCUT2D eigenvalue weighted by Gasteiger charge is -2.18. The van der Waals surface area contributed by atoms with Gasteiger partial charge in [-0.2, -0.15) is 0 Å². The van der Waals surface area contributed by atoms with Crippen molar-refractivity contribution in [2.24, 2.45) is 0 Å². The molecule has 20 heavy (non-hydrogen) atoms. The summed E-state index contributed by atoms with van der Waals surface area (Å²) in [6.45, 7) is 3.63. The normalized spacial score (nSPS) is 21.4. The summed E-state index contributed by atoms with van der Waals surface area (Å²) >= 11 is 2.66. The number of hydrogen-bond donors (Lipinski definition) is 0. The SMILES string of the molecule is CCCCC(I)CCCCCCCCC1CCCN1C. The van der Waals surface area contributed by atoms with Gasteiger partial charge in [0.25, 0.3) is 0 Å². The van der Waals surface area contributed by atoms with E-state index in [1.54, 1.807) is 0 Å². The predicted molar refractivity (Wildman–Crippen MR) is 99.9 cm³/mol. The fourth-order valence-electron chi connectivity index (χ4n) is 3.37. The Labute approximate surface area is 141 Å². The van der Waals surface area contributed by atoms with E-state index in [0.29, 0.717) is 0 Å². The van der Waals surface area contributed by atoms with Crippen molar-refractivity contribution in [1.29, 1.82) is 0 Å². The lowest BCUT2D eigenvalue weighted by Crippen LogP contribution is -2.24. The lowest BCUT2D eigenvalue weighted by molar-refractivity contribution is 0.289. The number of alkyl halides is 1. The van der Waals surface area contributed by atoms with Gasteiger partial charge in [-0.3, -0.25) is 0 Å². The molecule has 1 aliphatic heterocycles. The summed E-state index contributed by atoms with van der Waals surface area (Å²) < 4.78 is 0.936. The molecule has 0 spiro atoms. The first kappa shape index (κ1) is 18.7. The molecule has 1 aliphatic rings. The van der Waals surface area contributed by atoms with Crippen LogP contribution in [0.15, 0.2) is 0 Å². The van der Waals surface area contributed by atoms with Crippen LogP contribution < -0.4 is 0 Å². The number of likely N-dealkylation sites (tertiary alicyclic amines) is 1. The van der Waals surface area contributed by atoms with Gasteiger partial charge in [0, 0.05) is 9.97 Å². The summed E-state index contributed by atoms with van der Waals surface area (Å²) in [5.41, 5.74) is 0. The largest absolute Gasteiger partial charge is 0.303 e. The Kier molecular flexibility index (Phi) is 11.5. The second kappa shape index (κ2) is 12.3. The molecule has 0 radical (unpaired) electrons. The van der Waals surface area contributed by atoms with Gasteiger partial charge in [-0.15, -0.1) is 0 Å². The summed E-state index contributed by atoms with van der Waals surface area (Å²) in [4.78, 5) is 2.57. The summed E-state index contributed by atoms with van der Waals surface area (Å²) in [6, 6.07) is 0.911. The Morgan fingerprint density at radius 2 is 1.65 bits per heavy atom. The molecular weight excluding hydrogens is 357 g/mol. The van der Waals surface area contributed by atoms with Crippen molar-refractivity contribution in [2.75, 3.05) is 13.6 Å². The molecule has 2 unspecified atom stereocenters. The van der Waals surface area contributed by atoms with Crippen LogP contribution in [-0.2, 0) is 0 Å². The van der Waals surface area contributed by atoms with E-state index < -0.39 is 0 Å². The molecule has 0 amide bonds. The zero-order valence-electron chi connectivity index (χ0n) is 13.9. The lowest BCUT2D eigenvalue weighted by atomic mass is 10.0. The van der Waals surface area contributed by atoms with E-state index in [4.69, 9.17) is 0 Å². The van der Waals surface area contributed by atoms with Crippen molar-refractivity contribution < 1.29 is 0 Å². The van der Waals surface area contributed by atoms with Crippen LogP contribution in [-0.4, -0.2) is 28.5 Å². The van der Waals surface area contributed by atoms with Crippen LogP contribution in [0.25, 0.3) is 0 Å². The quantitative estimate of drug-likeness (QED) is 0.217. The molecule has 1 fully saturated rings. The third kappa shape index (κ3) is 8.86. The van der Waals surface area contributed by atoms with Crippen LogP contribution in [0.3, 0.4) is 0 Å². The maximum Gasteiger partial charge on any atom is 0.0110 e. The predicted octanol–water partition coefficient (Wildman–Crippen LogP) is 6.20. The van der Waals surface area contributed by atoms with Crippen LogP contribution >= 0.6 is 22.6 Å². The second-order valence-corrected chi connectivity index (χ2v) is 8.48. The second-order valence-electron chi connectivity index (χ2n) is 6.71. The standard InChI is InChI=1S/C18H36IN/c1-3-4-12-17(19)13-9-7-5-6-8-10-14-18-15-11-16-20(18)2/h17-18H,3-16H2,1-2H3. The Morgan fingerprint density at radius 1 is 1.00 bits per heavy atom. The monoisotopic (exact) mass is 393 g/mol. The molecule has 0 N–H and O–H groups in total. The maximum absolute atomic E-state index is 2.66. The van der Waals surface area contributed by atoms with Gasteiger partial charge < -0.3 is 4.90 Å². The Balaban J connectivity index is 1.80. The average Bonchev–Trinajstić information content (AvgIpc) is 2.85. The first-order chi connectivity index (χ1) is 9.74. The Morgan fingerprint density at radius 3 is 2.30 bits per heavy atom. The van der Waals surface area contributed by atoms with Gasteiger partial charge in [0.1, 0.15) is 0 Å². The van der Waals surface area contributed by atoms with E-state index in [2.05, 4.69) is 41.5 Å². The Bertz CT molecular complexity index is 219. The van der Waals surface area contributed by atoms with Crippen molar-refractivity contribution >= 4 is 22.6 Å². The van der Waals surface area contributed by atoms with E-state index in [0.717, 1.165) is 9.97 Å². The molecule has 0 aromatic heterocycles. The smallest absolute Gasteiger partial charge is 0.0110 e. The van der Waals surface area contributed by atoms with E-state index in [1.807, 2.05) is 0 Å². The Hall–Kier alpha value is 0.690. The fourth-order valence-corrected chi connectivity index (χ4v) is 4.25. The number of halogens is 1. The molecule has 0 saturated carbocycles. The summed E-state index contributed by atoms with van der Waals surface area (Å²) in [7, 11) is 2.30. The van der Waals surface area contributed by atoms with Crippen molar-refractivity contribution in [2.45, 2.75) is 100 Å². The van der Waals surface area contributed by atoms with Crippen molar-refractivity contribution in [3.05, 3.63) is 0 Å². The third-order valence-electron chi connectivity index (χ3n) is 4.85. The van der Waals surface area contributed by atoms with Gasteiger partial charge in [0.05, 0.1) is 0 Å². The molecule has 0 aliphatic carbocycles. The van der Waals surface area contributed by atoms with Crippen LogP contribution in [0.1, 0.15) is 90.4 Å². The highest BCUT2D eigenvalue weighted by Gasteiger charge is 2.19. The van der Waals surface area contributed by atoms with Gasteiger partial charge in [-0.25, -0.2) is 0 Å². The topological polar surface area (TPSA) is 3.24 Å². The van der Waals surface area contributed by atoms with Crippen molar-refractivity contribution in [3.8, 4) is 0 Å². The molecule has 0 aromatic rings. The van der Waals surface area contributed by atoms with Gasteiger partial charge in [0.2, 0.25) is 0 Å². The van der Waals surface area contributed by atoms with E-state index in [1.165, 1.54) is 90.0 Å². The molecule has 1 heterocycles. The van der Waals surface area contributed by atoms with E-state index in [9.17, 15) is 0 Å². The fraction of sp³-hybridized carbons (Fsp3) is 1.00. The van der Waals surface area contributed by atoms with Crippen molar-refractivity contribution in [1.82, 2.24) is 4.90 Å².